The third-order valence-electron chi connectivity index (χ3n) is 3.19. The van der Waals surface area contributed by atoms with E-state index in [0.29, 0.717) is 21.2 Å². The number of carboxylic acid groups (broad SMARTS) is 1. The number of hydrogen-bond acceptors (Lipinski definition) is 5. The molecule has 0 N–H and O–H groups in total. The van der Waals surface area contributed by atoms with Gasteiger partial charge >= 0.3 is 0 Å². The zero-order valence-electron chi connectivity index (χ0n) is 13.1. The van der Waals surface area contributed by atoms with E-state index in [1.54, 1.807) is 24.3 Å². The van der Waals surface area contributed by atoms with Crippen LogP contribution in [0.25, 0.3) is 6.08 Å². The highest BCUT2D eigenvalue weighted by atomic mass is 35.5. The minimum absolute atomic E-state index is 0.199. The van der Waals surface area contributed by atoms with Crippen molar-refractivity contribution in [1.82, 2.24) is 0 Å². The number of methoxy groups -OCH3 is 1. The van der Waals surface area contributed by atoms with Crippen LogP contribution in [0, 0.1) is 0 Å². The number of aliphatic carboxylic acids is 1. The molecule has 0 aliphatic carbocycles. The first kappa shape index (κ1) is 18.8. The second-order valence-corrected chi connectivity index (χ2v) is 5.65. The van der Waals surface area contributed by atoms with Crippen LogP contribution in [0.15, 0.2) is 42.5 Å². The molecule has 5 nitrogen and oxygen atoms in total. The molecular formula is C18H13Cl2O5-. The highest BCUT2D eigenvalue weighted by molar-refractivity contribution is 6.42. The number of hydrogen-bond donors (Lipinski definition) is 0. The fourth-order valence-electron chi connectivity index (χ4n) is 1.99. The molecule has 2 rings (SSSR count). The molecule has 0 radical (unpaired) electrons. The molecule has 0 bridgehead atoms. The molecule has 25 heavy (non-hydrogen) atoms. The highest BCUT2D eigenvalue weighted by Gasteiger charge is 2.10. The molecule has 0 amide bonds. The molecule has 0 saturated heterocycles. The van der Waals surface area contributed by atoms with Crippen LogP contribution in [0.4, 0.5) is 0 Å². The van der Waals surface area contributed by atoms with Crippen LogP contribution >= 0.6 is 23.2 Å². The fourth-order valence-corrected chi connectivity index (χ4v) is 2.36. The molecule has 0 aromatic heterocycles. The zero-order valence-corrected chi connectivity index (χ0v) is 14.6. The summed E-state index contributed by atoms with van der Waals surface area (Å²) in [5.74, 6) is -1.21. The molecule has 0 atom stereocenters. The molecule has 7 heteroatoms. The van der Waals surface area contributed by atoms with Crippen molar-refractivity contribution in [2.75, 3.05) is 13.7 Å². The van der Waals surface area contributed by atoms with Gasteiger partial charge < -0.3 is 19.4 Å². The molecule has 0 aliphatic heterocycles. The standard InChI is InChI=1S/C18H14Cl2O5/c1-24-16-9-12(6-8-15(16)25-10-17(22)23)14(21)7-5-11-3-2-4-13(19)18(11)20/h2-9H,10H2,1H3,(H,22,23)/p-1/b7-5+. The van der Waals surface area contributed by atoms with Gasteiger partial charge in [0.2, 0.25) is 0 Å². The average molecular weight is 380 g/mol. The van der Waals surface area contributed by atoms with Crippen molar-refractivity contribution in [3.63, 3.8) is 0 Å². The molecule has 0 heterocycles. The summed E-state index contributed by atoms with van der Waals surface area (Å²) >= 11 is 12.0. The monoisotopic (exact) mass is 379 g/mol. The maximum atomic E-state index is 12.3. The van der Waals surface area contributed by atoms with Crippen molar-refractivity contribution in [3.8, 4) is 11.5 Å². The van der Waals surface area contributed by atoms with Gasteiger partial charge in [0.25, 0.3) is 0 Å². The van der Waals surface area contributed by atoms with Crippen LogP contribution in [-0.4, -0.2) is 25.5 Å². The maximum absolute atomic E-state index is 12.3. The molecule has 130 valence electrons. The second kappa shape index (κ2) is 8.55. The number of ether oxygens (including phenoxy) is 2. The third-order valence-corrected chi connectivity index (χ3v) is 4.02. The van der Waals surface area contributed by atoms with Crippen LogP contribution < -0.4 is 14.6 Å². The van der Waals surface area contributed by atoms with E-state index >= 15 is 0 Å². The van der Waals surface area contributed by atoms with Crippen LogP contribution in [-0.2, 0) is 4.79 Å². The minimum Gasteiger partial charge on any atom is -0.546 e. The van der Waals surface area contributed by atoms with Crippen LogP contribution in [0.2, 0.25) is 10.0 Å². The van der Waals surface area contributed by atoms with Crippen molar-refractivity contribution < 1.29 is 24.2 Å². The van der Waals surface area contributed by atoms with E-state index in [2.05, 4.69) is 0 Å². The van der Waals surface area contributed by atoms with Crippen molar-refractivity contribution in [1.29, 1.82) is 0 Å². The van der Waals surface area contributed by atoms with E-state index in [9.17, 15) is 14.7 Å². The Balaban J connectivity index is 2.20. The molecule has 0 aliphatic rings. The number of halogens is 2. The zero-order chi connectivity index (χ0) is 18.4. The van der Waals surface area contributed by atoms with Gasteiger partial charge in [0, 0.05) is 5.56 Å². The van der Waals surface area contributed by atoms with Gasteiger partial charge in [0.05, 0.1) is 23.1 Å². The lowest BCUT2D eigenvalue weighted by molar-refractivity contribution is -0.307. The summed E-state index contributed by atoms with van der Waals surface area (Å²) in [5, 5.41) is 11.2. The van der Waals surface area contributed by atoms with E-state index in [0.717, 1.165) is 0 Å². The van der Waals surface area contributed by atoms with E-state index < -0.39 is 12.6 Å². The number of allylic oxidation sites excluding steroid dienone is 1. The molecule has 2 aromatic rings. The quantitative estimate of drug-likeness (QED) is 0.545. The lowest BCUT2D eigenvalue weighted by atomic mass is 10.1. The smallest absolute Gasteiger partial charge is 0.185 e. The van der Waals surface area contributed by atoms with Crippen molar-refractivity contribution >= 4 is 41.0 Å². The molecule has 0 saturated carbocycles. The molecule has 0 fully saturated rings. The van der Waals surface area contributed by atoms with E-state index in [1.807, 2.05) is 0 Å². The van der Waals surface area contributed by atoms with Crippen LogP contribution in [0.1, 0.15) is 15.9 Å². The Morgan fingerprint density at radius 3 is 2.60 bits per heavy atom. The third kappa shape index (κ3) is 4.98. The predicted octanol–water partition coefficient (Wildman–Crippen LogP) is 3.03. The summed E-state index contributed by atoms with van der Waals surface area (Å²) in [6.45, 7) is -0.614. The number of carbonyl (C=O) groups excluding carboxylic acids is 2. The van der Waals surface area contributed by atoms with Gasteiger partial charge in [-0.1, -0.05) is 35.3 Å². The van der Waals surface area contributed by atoms with Gasteiger partial charge in [0.1, 0.15) is 6.61 Å². The Labute approximate surface area is 154 Å². The average Bonchev–Trinajstić information content (AvgIpc) is 2.60. The molecule has 0 unspecified atom stereocenters. The Morgan fingerprint density at radius 1 is 1.16 bits per heavy atom. The SMILES string of the molecule is COc1cc(C(=O)/C=C/c2cccc(Cl)c2Cl)ccc1OCC(=O)[O-]. The normalized spacial score (nSPS) is 10.7. The Kier molecular flexibility index (Phi) is 6.44. The number of carboxylic acids is 1. The number of carbonyl (C=O) groups is 2. The van der Waals surface area contributed by atoms with Crippen molar-refractivity contribution in [2.24, 2.45) is 0 Å². The van der Waals surface area contributed by atoms with Crippen LogP contribution in [0.3, 0.4) is 0 Å². The van der Waals surface area contributed by atoms with Gasteiger partial charge in [-0.25, -0.2) is 0 Å². The summed E-state index contributed by atoms with van der Waals surface area (Å²) in [4.78, 5) is 22.8. The summed E-state index contributed by atoms with van der Waals surface area (Å²) < 4.78 is 10.1. The van der Waals surface area contributed by atoms with E-state index in [1.165, 1.54) is 31.4 Å². The lowest BCUT2D eigenvalue weighted by Crippen LogP contribution is -2.29. The molecular weight excluding hydrogens is 367 g/mol. The number of benzene rings is 2. The van der Waals surface area contributed by atoms with Gasteiger partial charge in [-0.05, 0) is 42.0 Å². The van der Waals surface area contributed by atoms with Gasteiger partial charge in [-0.15, -0.1) is 0 Å². The van der Waals surface area contributed by atoms with Gasteiger partial charge in [-0.2, -0.15) is 0 Å². The van der Waals surface area contributed by atoms with E-state index in [4.69, 9.17) is 32.7 Å². The fraction of sp³-hybridized carbons (Fsp3) is 0.111. The first-order valence-electron chi connectivity index (χ1n) is 7.09. The van der Waals surface area contributed by atoms with E-state index in [-0.39, 0.29) is 17.3 Å². The molecule has 0 spiro atoms. The minimum atomic E-state index is -1.36. The first-order chi connectivity index (χ1) is 11.9. The first-order valence-corrected chi connectivity index (χ1v) is 7.85. The number of ketones is 1. The van der Waals surface area contributed by atoms with Crippen molar-refractivity contribution in [3.05, 3.63) is 63.6 Å². The Hall–Kier alpha value is -2.50. The molecule has 2 aromatic carbocycles. The topological polar surface area (TPSA) is 75.7 Å². The van der Waals surface area contributed by atoms with Crippen molar-refractivity contribution in [2.45, 2.75) is 0 Å². The Morgan fingerprint density at radius 2 is 1.92 bits per heavy atom. The summed E-state index contributed by atoms with van der Waals surface area (Å²) in [6.07, 6.45) is 2.91. The van der Waals surface area contributed by atoms with Gasteiger partial charge in [0.15, 0.2) is 17.3 Å². The number of rotatable bonds is 7. The van der Waals surface area contributed by atoms with Crippen LogP contribution in [0.5, 0.6) is 11.5 Å². The largest absolute Gasteiger partial charge is 0.546 e. The van der Waals surface area contributed by atoms with Gasteiger partial charge in [-0.3, -0.25) is 4.79 Å². The maximum Gasteiger partial charge on any atom is 0.185 e. The highest BCUT2D eigenvalue weighted by Crippen LogP contribution is 2.29. The summed E-state index contributed by atoms with van der Waals surface area (Å²) in [5.41, 5.74) is 0.954. The summed E-state index contributed by atoms with van der Waals surface area (Å²) in [7, 11) is 1.39. The predicted molar refractivity (Wildman–Crippen MR) is 93.3 cm³/mol. The lowest BCUT2D eigenvalue weighted by Gasteiger charge is -2.11. The Bertz CT molecular complexity index is 830. The summed E-state index contributed by atoms with van der Waals surface area (Å²) in [6, 6.07) is 9.52. The second-order valence-electron chi connectivity index (χ2n) is 4.87.